The molecule has 4 rings (SSSR count). The molecule has 1 unspecified atom stereocenters. The van der Waals surface area contributed by atoms with E-state index in [1.807, 2.05) is 60.7 Å². The van der Waals surface area contributed by atoms with Crippen LogP contribution in [0.4, 0.5) is 5.69 Å². The molecule has 1 aromatic heterocycles. The number of H-pyrrole nitrogens is 1. The van der Waals surface area contributed by atoms with Crippen LogP contribution in [-0.4, -0.2) is 35.4 Å². The number of carbonyl (C=O) groups is 3. The van der Waals surface area contributed by atoms with Crippen LogP contribution in [0.3, 0.4) is 0 Å². The second kappa shape index (κ2) is 12.5. The van der Waals surface area contributed by atoms with Crippen LogP contribution in [-0.2, 0) is 26.2 Å². The largest absolute Gasteiger partial charge is 0.463 e. The van der Waals surface area contributed by atoms with Gasteiger partial charge in [0.25, 0.3) is 5.91 Å². The van der Waals surface area contributed by atoms with Crippen LogP contribution in [0.2, 0.25) is 0 Å². The lowest BCUT2D eigenvalue weighted by Gasteiger charge is -2.21. The normalized spacial score (nSPS) is 12.3. The first-order chi connectivity index (χ1) is 19.1. The van der Waals surface area contributed by atoms with E-state index in [4.69, 9.17) is 4.74 Å². The summed E-state index contributed by atoms with van der Waals surface area (Å²) in [5.74, 6) is -1.04. The van der Waals surface area contributed by atoms with Crippen LogP contribution in [0, 0.1) is 0 Å². The molecule has 0 aliphatic carbocycles. The summed E-state index contributed by atoms with van der Waals surface area (Å²) in [4.78, 5) is 41.5. The Bertz CT molecular complexity index is 1510. The summed E-state index contributed by atoms with van der Waals surface area (Å²) in [6, 6.07) is 23.7. The van der Waals surface area contributed by atoms with Gasteiger partial charge in [-0.1, -0.05) is 63.2 Å². The summed E-state index contributed by atoms with van der Waals surface area (Å²) in [7, 11) is 0. The number of amides is 2. The van der Waals surface area contributed by atoms with Gasteiger partial charge in [-0.05, 0) is 65.9 Å². The van der Waals surface area contributed by atoms with E-state index in [1.165, 1.54) is 6.08 Å². The van der Waals surface area contributed by atoms with Crippen LogP contribution in [0.25, 0.3) is 17.0 Å². The minimum absolute atomic E-state index is 0.0246. The number of ether oxygens (including phenoxy) is 1. The molecule has 0 aliphatic rings. The SMILES string of the molecule is CCOC(=O)/C=C/c1cc2cc(NC(=O)C(Cc3ccccc3)NC(=O)c3ccc(C(C)(C)C)cc3)ccc2[nH]1. The molecule has 0 saturated carbocycles. The van der Waals surface area contributed by atoms with Gasteiger partial charge < -0.3 is 20.4 Å². The first kappa shape index (κ1) is 28.4. The summed E-state index contributed by atoms with van der Waals surface area (Å²) in [5.41, 5.74) is 4.72. The van der Waals surface area contributed by atoms with Gasteiger partial charge in [-0.2, -0.15) is 0 Å². The van der Waals surface area contributed by atoms with Crippen molar-refractivity contribution in [3.8, 4) is 0 Å². The number of esters is 1. The summed E-state index contributed by atoms with van der Waals surface area (Å²) < 4.78 is 4.92. The van der Waals surface area contributed by atoms with Crippen LogP contribution in [0.15, 0.2) is 84.9 Å². The maximum absolute atomic E-state index is 13.5. The zero-order valence-corrected chi connectivity index (χ0v) is 23.3. The predicted molar refractivity (Wildman–Crippen MR) is 159 cm³/mol. The van der Waals surface area contributed by atoms with Gasteiger partial charge in [0, 0.05) is 40.3 Å². The fourth-order valence-electron chi connectivity index (χ4n) is 4.32. The smallest absolute Gasteiger partial charge is 0.330 e. The molecule has 2 amide bonds. The van der Waals surface area contributed by atoms with E-state index in [1.54, 1.807) is 31.2 Å². The number of hydrogen-bond acceptors (Lipinski definition) is 4. The number of aromatic amines is 1. The van der Waals surface area contributed by atoms with Gasteiger partial charge in [-0.15, -0.1) is 0 Å². The van der Waals surface area contributed by atoms with E-state index in [-0.39, 0.29) is 17.2 Å². The highest BCUT2D eigenvalue weighted by molar-refractivity contribution is 6.02. The number of benzene rings is 3. The van der Waals surface area contributed by atoms with Gasteiger partial charge >= 0.3 is 5.97 Å². The van der Waals surface area contributed by atoms with E-state index in [0.717, 1.165) is 27.7 Å². The number of aromatic nitrogens is 1. The van der Waals surface area contributed by atoms with Crippen molar-refractivity contribution in [3.63, 3.8) is 0 Å². The first-order valence-corrected chi connectivity index (χ1v) is 13.4. The monoisotopic (exact) mass is 537 g/mol. The molecule has 0 spiro atoms. The number of nitrogens with one attached hydrogen (secondary N) is 3. The Kier molecular flexibility index (Phi) is 8.84. The maximum atomic E-state index is 13.5. The lowest BCUT2D eigenvalue weighted by molar-refractivity contribution is -0.137. The van der Waals surface area contributed by atoms with Gasteiger partial charge in [-0.3, -0.25) is 9.59 Å². The van der Waals surface area contributed by atoms with Crippen molar-refractivity contribution >= 4 is 40.4 Å². The molecular weight excluding hydrogens is 502 g/mol. The van der Waals surface area contributed by atoms with Crippen LogP contribution >= 0.6 is 0 Å². The molecule has 206 valence electrons. The van der Waals surface area contributed by atoms with E-state index in [2.05, 4.69) is 36.4 Å². The summed E-state index contributed by atoms with van der Waals surface area (Å²) in [6.07, 6.45) is 3.35. The van der Waals surface area contributed by atoms with Gasteiger partial charge in [0.05, 0.1) is 6.61 Å². The Morgan fingerprint density at radius 3 is 2.35 bits per heavy atom. The Morgan fingerprint density at radius 1 is 0.950 bits per heavy atom. The molecule has 0 bridgehead atoms. The average molecular weight is 538 g/mol. The minimum atomic E-state index is -0.790. The Morgan fingerprint density at radius 2 is 1.68 bits per heavy atom. The fraction of sp³-hybridized carbons (Fsp3) is 0.242. The van der Waals surface area contributed by atoms with Gasteiger partial charge in [0.15, 0.2) is 0 Å². The zero-order valence-electron chi connectivity index (χ0n) is 23.3. The topological polar surface area (TPSA) is 100 Å². The molecule has 7 nitrogen and oxygen atoms in total. The standard InChI is InChI=1S/C33H35N3O4/c1-5-40-30(37)18-16-26-20-24-21-27(15-17-28(24)34-26)35-32(39)29(19-22-9-7-6-8-10-22)36-31(38)23-11-13-25(14-12-23)33(2,3)4/h6-18,20-21,29,34H,5,19H2,1-4H3,(H,35,39)(H,36,38)/b18-16+. The molecule has 0 fully saturated rings. The van der Waals surface area contributed by atoms with Crippen molar-refractivity contribution < 1.29 is 19.1 Å². The van der Waals surface area contributed by atoms with Crippen molar-refractivity contribution in [2.45, 2.75) is 45.6 Å². The van der Waals surface area contributed by atoms with Crippen LogP contribution in [0.5, 0.6) is 0 Å². The quantitative estimate of drug-likeness (QED) is 0.180. The van der Waals surface area contributed by atoms with Crippen molar-refractivity contribution in [1.82, 2.24) is 10.3 Å². The van der Waals surface area contributed by atoms with Crippen LogP contribution in [0.1, 0.15) is 54.9 Å². The molecule has 0 aliphatic heterocycles. The van der Waals surface area contributed by atoms with E-state index in [0.29, 0.717) is 24.3 Å². The number of carbonyl (C=O) groups excluding carboxylic acids is 3. The molecule has 7 heteroatoms. The second-order valence-electron chi connectivity index (χ2n) is 10.6. The highest BCUT2D eigenvalue weighted by atomic mass is 16.5. The third kappa shape index (κ3) is 7.47. The second-order valence-corrected chi connectivity index (χ2v) is 10.6. The predicted octanol–water partition coefficient (Wildman–Crippen LogP) is 6.02. The van der Waals surface area contributed by atoms with Gasteiger partial charge in [0.2, 0.25) is 5.91 Å². The molecule has 1 heterocycles. The molecule has 0 radical (unpaired) electrons. The third-order valence-electron chi connectivity index (χ3n) is 6.51. The number of hydrogen-bond donors (Lipinski definition) is 3. The Labute approximate surface area is 234 Å². The van der Waals surface area contributed by atoms with Crippen molar-refractivity contribution in [1.29, 1.82) is 0 Å². The first-order valence-electron chi connectivity index (χ1n) is 13.4. The van der Waals surface area contributed by atoms with Crippen molar-refractivity contribution in [2.24, 2.45) is 0 Å². The number of fused-ring (bicyclic) bond motifs is 1. The van der Waals surface area contributed by atoms with Crippen molar-refractivity contribution in [3.05, 3.63) is 107 Å². The highest BCUT2D eigenvalue weighted by Crippen LogP contribution is 2.23. The van der Waals surface area contributed by atoms with E-state index >= 15 is 0 Å². The molecule has 0 saturated heterocycles. The Balaban J connectivity index is 1.51. The number of anilines is 1. The third-order valence-corrected chi connectivity index (χ3v) is 6.51. The summed E-state index contributed by atoms with van der Waals surface area (Å²) >= 11 is 0. The molecule has 40 heavy (non-hydrogen) atoms. The highest BCUT2D eigenvalue weighted by Gasteiger charge is 2.23. The maximum Gasteiger partial charge on any atom is 0.330 e. The lowest BCUT2D eigenvalue weighted by atomic mass is 9.86. The summed E-state index contributed by atoms with van der Waals surface area (Å²) in [6.45, 7) is 8.43. The van der Waals surface area contributed by atoms with Crippen molar-refractivity contribution in [2.75, 3.05) is 11.9 Å². The zero-order chi connectivity index (χ0) is 28.7. The minimum Gasteiger partial charge on any atom is -0.463 e. The molecule has 1 atom stereocenters. The molecular formula is C33H35N3O4. The summed E-state index contributed by atoms with van der Waals surface area (Å²) in [5, 5.41) is 6.75. The molecule has 3 aromatic carbocycles. The Hall–Kier alpha value is -4.65. The van der Waals surface area contributed by atoms with Crippen LogP contribution < -0.4 is 10.6 Å². The van der Waals surface area contributed by atoms with E-state index in [9.17, 15) is 14.4 Å². The van der Waals surface area contributed by atoms with Gasteiger partial charge in [0.1, 0.15) is 6.04 Å². The van der Waals surface area contributed by atoms with E-state index < -0.39 is 12.0 Å². The van der Waals surface area contributed by atoms with Gasteiger partial charge in [-0.25, -0.2) is 4.79 Å². The lowest BCUT2D eigenvalue weighted by Crippen LogP contribution is -2.45. The molecule has 4 aromatic rings. The molecule has 3 N–H and O–H groups in total. The fourth-order valence-corrected chi connectivity index (χ4v) is 4.32. The average Bonchev–Trinajstić information content (AvgIpc) is 3.34. The number of rotatable bonds is 9.